The van der Waals surface area contributed by atoms with Gasteiger partial charge in [-0.25, -0.2) is 15.0 Å². The molecule has 4 bridgehead atoms. The van der Waals surface area contributed by atoms with Crippen LogP contribution in [0.15, 0.2) is 30.5 Å². The molecule has 162 valence electrons. The molecule has 31 heavy (non-hydrogen) atoms. The first-order valence-electron chi connectivity index (χ1n) is 10.6. The van der Waals surface area contributed by atoms with Gasteiger partial charge in [-0.05, 0) is 31.5 Å². The fraction of sp³-hybridized carbons (Fsp3) is 0.455. The Kier molecular flexibility index (Phi) is 5.07. The highest BCUT2D eigenvalue weighted by Crippen LogP contribution is 2.29. The first kappa shape index (κ1) is 19.9. The Hall–Kier alpha value is -3.04. The number of hydrogen-bond donors (Lipinski definition) is 2. The molecule has 3 aromatic heterocycles. The van der Waals surface area contributed by atoms with Crippen LogP contribution in [0, 0.1) is 6.92 Å². The van der Waals surface area contributed by atoms with Crippen molar-refractivity contribution in [3.63, 3.8) is 0 Å². The Bertz CT molecular complexity index is 1130. The zero-order valence-electron chi connectivity index (χ0n) is 18.0. The van der Waals surface area contributed by atoms with E-state index in [-0.39, 0.29) is 24.1 Å². The summed E-state index contributed by atoms with van der Waals surface area (Å²) in [6.45, 7) is 3.74. The summed E-state index contributed by atoms with van der Waals surface area (Å²) >= 11 is 0. The molecule has 1 fully saturated rings. The molecular weight excluding hydrogens is 394 g/mol. The molecule has 2 N–H and O–H groups in total. The molecule has 9 heteroatoms. The monoisotopic (exact) mass is 421 g/mol. The third kappa shape index (κ3) is 3.64. The second kappa shape index (κ2) is 7.90. The summed E-state index contributed by atoms with van der Waals surface area (Å²) in [5.41, 5.74) is 3.45. The van der Waals surface area contributed by atoms with E-state index in [0.29, 0.717) is 18.7 Å². The summed E-state index contributed by atoms with van der Waals surface area (Å²) in [4.78, 5) is 28.8. The number of fused-ring (bicyclic) bond motifs is 5. The lowest BCUT2D eigenvalue weighted by Crippen LogP contribution is -2.45. The maximum absolute atomic E-state index is 13.0. The maximum atomic E-state index is 13.0. The summed E-state index contributed by atoms with van der Waals surface area (Å²) in [5, 5.41) is 6.84. The average molecular weight is 422 g/mol. The summed E-state index contributed by atoms with van der Waals surface area (Å²) in [7, 11) is 3.52. The van der Waals surface area contributed by atoms with Crippen LogP contribution in [0.1, 0.15) is 12.2 Å². The molecule has 1 unspecified atom stereocenters. The van der Waals surface area contributed by atoms with Gasteiger partial charge in [0.15, 0.2) is 5.65 Å². The minimum absolute atomic E-state index is 0.0810. The quantitative estimate of drug-likeness (QED) is 0.613. The lowest BCUT2D eigenvalue weighted by Gasteiger charge is -2.26. The molecule has 0 aromatic carbocycles. The lowest BCUT2D eigenvalue weighted by molar-refractivity contribution is -0.133. The third-order valence-corrected chi connectivity index (χ3v) is 6.21. The van der Waals surface area contributed by atoms with Gasteiger partial charge in [-0.3, -0.25) is 4.79 Å². The summed E-state index contributed by atoms with van der Waals surface area (Å²) in [6, 6.07) is 7.87. The number of likely N-dealkylation sites (N-methyl/N-ethyl adjacent to an activating group) is 1. The zero-order chi connectivity index (χ0) is 21.5. The fourth-order valence-corrected chi connectivity index (χ4v) is 4.58. The van der Waals surface area contributed by atoms with Crippen LogP contribution in [-0.4, -0.2) is 75.8 Å². The van der Waals surface area contributed by atoms with Crippen molar-refractivity contribution < 1.29 is 9.53 Å². The molecule has 3 atom stereocenters. The van der Waals surface area contributed by atoms with Gasteiger partial charge >= 0.3 is 0 Å². The van der Waals surface area contributed by atoms with Crippen molar-refractivity contribution in [1.29, 1.82) is 0 Å². The molecule has 2 aliphatic heterocycles. The summed E-state index contributed by atoms with van der Waals surface area (Å²) in [5.74, 6) is 1.73. The Labute approximate surface area is 180 Å². The first-order chi connectivity index (χ1) is 15.0. The van der Waals surface area contributed by atoms with Crippen molar-refractivity contribution in [3.05, 3.63) is 36.3 Å². The van der Waals surface area contributed by atoms with Gasteiger partial charge in [0.25, 0.3) is 0 Å². The number of hydrogen-bond acceptors (Lipinski definition) is 7. The number of nitrogens with one attached hydrogen (secondary N) is 2. The van der Waals surface area contributed by atoms with Gasteiger partial charge in [-0.1, -0.05) is 6.07 Å². The van der Waals surface area contributed by atoms with Gasteiger partial charge < -0.3 is 24.8 Å². The van der Waals surface area contributed by atoms with Crippen molar-refractivity contribution in [1.82, 2.24) is 29.7 Å². The number of aromatic nitrogens is 4. The van der Waals surface area contributed by atoms with E-state index >= 15 is 0 Å². The maximum Gasteiger partial charge on any atom is 0.239 e. The van der Waals surface area contributed by atoms with Crippen molar-refractivity contribution >= 4 is 22.9 Å². The predicted octanol–water partition coefficient (Wildman–Crippen LogP) is 1.43. The molecule has 1 amide bonds. The Morgan fingerprint density at radius 1 is 1.19 bits per heavy atom. The number of methoxy groups -OCH3 is 1. The number of carbonyl (C=O) groups excluding carboxylic acids is 1. The second-order valence-corrected chi connectivity index (χ2v) is 8.32. The Morgan fingerprint density at radius 2 is 2.06 bits per heavy atom. The molecule has 0 spiro atoms. The van der Waals surface area contributed by atoms with Gasteiger partial charge in [0.2, 0.25) is 5.91 Å². The molecule has 0 saturated carbocycles. The fourth-order valence-electron chi connectivity index (χ4n) is 4.58. The standard InChI is InChI=1S/C22H27N7O2/c1-13-25-21-20-16(7-8-23-21)17-5-4-6-19(27-17)26-14-9-18(24-10-14)22(30)28(2)11-15(31-3)12-29(13)20/h4-8,14-15,18,24H,9-12H2,1-3H3,(H,26,27)/t14?,15-,18-/m0/s1. The lowest BCUT2D eigenvalue weighted by atomic mass is 10.1. The molecule has 1 saturated heterocycles. The number of pyridine rings is 2. The summed E-state index contributed by atoms with van der Waals surface area (Å²) < 4.78 is 7.90. The average Bonchev–Trinajstić information content (AvgIpc) is 3.36. The van der Waals surface area contributed by atoms with Crippen LogP contribution in [0.4, 0.5) is 5.82 Å². The predicted molar refractivity (Wildman–Crippen MR) is 118 cm³/mol. The highest BCUT2D eigenvalue weighted by molar-refractivity contribution is 5.89. The largest absolute Gasteiger partial charge is 0.378 e. The minimum atomic E-state index is -0.212. The van der Waals surface area contributed by atoms with Gasteiger partial charge in [0, 0.05) is 45.0 Å². The Morgan fingerprint density at radius 3 is 2.90 bits per heavy atom. The van der Waals surface area contributed by atoms with Crippen LogP contribution in [-0.2, 0) is 16.1 Å². The highest BCUT2D eigenvalue weighted by Gasteiger charge is 2.32. The van der Waals surface area contributed by atoms with E-state index in [1.165, 1.54) is 0 Å². The molecule has 5 heterocycles. The zero-order valence-corrected chi connectivity index (χ0v) is 18.0. The number of rotatable bonds is 1. The van der Waals surface area contributed by atoms with E-state index in [4.69, 9.17) is 9.72 Å². The van der Waals surface area contributed by atoms with Crippen LogP contribution < -0.4 is 10.6 Å². The van der Waals surface area contributed by atoms with Gasteiger partial charge in [0.05, 0.1) is 29.9 Å². The van der Waals surface area contributed by atoms with Crippen LogP contribution in [0.2, 0.25) is 0 Å². The molecule has 9 nitrogen and oxygen atoms in total. The van der Waals surface area contributed by atoms with Crippen molar-refractivity contribution in [3.8, 4) is 11.3 Å². The SMILES string of the molecule is CO[C@H]1CN(C)C(=O)[C@@H]2CC(CN2)Nc2cccc(n2)-c2ccnc3nc(C)n(c23)C1. The molecule has 2 aliphatic rings. The molecule has 0 aliphatic carbocycles. The molecule has 0 radical (unpaired) electrons. The van der Waals surface area contributed by atoms with E-state index < -0.39 is 0 Å². The third-order valence-electron chi connectivity index (χ3n) is 6.21. The topological polar surface area (TPSA) is 97.2 Å². The minimum Gasteiger partial charge on any atom is -0.378 e. The van der Waals surface area contributed by atoms with E-state index in [1.807, 2.05) is 38.2 Å². The Balaban J connectivity index is 1.66. The normalized spacial score (nSPS) is 24.0. The van der Waals surface area contributed by atoms with Crippen LogP contribution in [0.3, 0.4) is 0 Å². The van der Waals surface area contributed by atoms with Crippen LogP contribution in [0.5, 0.6) is 0 Å². The molecule has 3 aromatic rings. The van der Waals surface area contributed by atoms with Crippen molar-refractivity contribution in [2.75, 3.05) is 32.6 Å². The smallest absolute Gasteiger partial charge is 0.239 e. The van der Waals surface area contributed by atoms with Crippen molar-refractivity contribution in [2.24, 2.45) is 0 Å². The van der Waals surface area contributed by atoms with Crippen LogP contribution >= 0.6 is 0 Å². The number of aryl methyl sites for hydroxylation is 1. The molecule has 5 rings (SSSR count). The van der Waals surface area contributed by atoms with E-state index in [1.54, 1.807) is 18.2 Å². The summed E-state index contributed by atoms with van der Waals surface area (Å²) in [6.07, 6.45) is 2.31. The van der Waals surface area contributed by atoms with E-state index in [9.17, 15) is 4.79 Å². The first-order valence-corrected chi connectivity index (χ1v) is 10.6. The van der Waals surface area contributed by atoms with E-state index in [0.717, 1.165) is 41.4 Å². The van der Waals surface area contributed by atoms with Crippen molar-refractivity contribution in [2.45, 2.75) is 38.1 Å². The number of anilines is 1. The number of amides is 1. The number of nitrogens with zero attached hydrogens (tertiary/aromatic N) is 5. The second-order valence-electron chi connectivity index (χ2n) is 8.32. The highest BCUT2D eigenvalue weighted by atomic mass is 16.5. The van der Waals surface area contributed by atoms with Gasteiger partial charge in [0.1, 0.15) is 11.6 Å². The number of imidazole rings is 1. The number of carbonyl (C=O) groups is 1. The van der Waals surface area contributed by atoms with Gasteiger partial charge in [-0.2, -0.15) is 0 Å². The molecular formula is C22H27N7O2. The van der Waals surface area contributed by atoms with E-state index in [2.05, 4.69) is 25.2 Å². The van der Waals surface area contributed by atoms with Gasteiger partial charge in [-0.15, -0.1) is 0 Å². The van der Waals surface area contributed by atoms with Crippen LogP contribution in [0.25, 0.3) is 22.4 Å². The number of ether oxygens (including phenoxy) is 1.